The Morgan fingerprint density at radius 2 is 2.14 bits per heavy atom. The van der Waals surface area contributed by atoms with Crippen LogP contribution >= 0.6 is 11.6 Å². The molecule has 0 spiro atoms. The lowest BCUT2D eigenvalue weighted by Gasteiger charge is -2.32. The monoisotopic (exact) mass is 317 g/mol. The van der Waals surface area contributed by atoms with Crippen molar-refractivity contribution < 1.29 is 14.6 Å². The Kier molecular flexibility index (Phi) is 3.94. The van der Waals surface area contributed by atoms with Crippen LogP contribution in [-0.4, -0.2) is 24.7 Å². The number of phenols is 1. The number of hydrogen-bond acceptors (Lipinski definition) is 4. The van der Waals surface area contributed by atoms with E-state index < -0.39 is 0 Å². The molecule has 2 aromatic rings. The number of methoxy groups -OCH3 is 1. The maximum Gasteiger partial charge on any atom is 0.338 e. The third-order valence-corrected chi connectivity index (χ3v) is 4.25. The lowest BCUT2D eigenvalue weighted by molar-refractivity contribution is 0.0599. The maximum atomic E-state index is 11.8. The third-order valence-electron chi connectivity index (χ3n) is 3.94. The van der Waals surface area contributed by atoms with Gasteiger partial charge in [0.2, 0.25) is 0 Å². The van der Waals surface area contributed by atoms with E-state index in [0.29, 0.717) is 17.1 Å². The third kappa shape index (κ3) is 2.62. The van der Waals surface area contributed by atoms with E-state index in [4.69, 9.17) is 16.3 Å². The average molecular weight is 318 g/mol. The van der Waals surface area contributed by atoms with Crippen LogP contribution < -0.4 is 4.90 Å². The molecule has 1 heterocycles. The van der Waals surface area contributed by atoms with E-state index in [-0.39, 0.29) is 11.7 Å². The number of benzene rings is 2. The number of fused-ring (bicyclic) bond motifs is 1. The van der Waals surface area contributed by atoms with Crippen LogP contribution in [-0.2, 0) is 17.7 Å². The highest BCUT2D eigenvalue weighted by atomic mass is 35.5. The zero-order chi connectivity index (χ0) is 15.7. The molecule has 0 radical (unpaired) electrons. The summed E-state index contributed by atoms with van der Waals surface area (Å²) in [5.74, 6) is -0.146. The number of esters is 1. The zero-order valence-electron chi connectivity index (χ0n) is 12.2. The van der Waals surface area contributed by atoms with Crippen molar-refractivity contribution in [3.8, 4) is 5.75 Å². The van der Waals surface area contributed by atoms with Crippen molar-refractivity contribution >= 4 is 23.3 Å². The van der Waals surface area contributed by atoms with Crippen LogP contribution in [0, 0.1) is 0 Å². The number of halogens is 1. The standard InChI is InChI=1S/C17H16ClNO3/c1-22-17(21)14-4-2-3-11-10-19(8-7-13(11)14)16-6-5-12(20)9-15(16)18/h2-6,9,20H,7-8,10H2,1H3. The molecule has 0 aliphatic carbocycles. The molecule has 5 heteroatoms. The average Bonchev–Trinajstić information content (AvgIpc) is 2.53. The van der Waals surface area contributed by atoms with Gasteiger partial charge in [-0.25, -0.2) is 4.79 Å². The summed E-state index contributed by atoms with van der Waals surface area (Å²) in [6.45, 7) is 1.43. The van der Waals surface area contributed by atoms with Gasteiger partial charge in [0.25, 0.3) is 0 Å². The first-order valence-corrected chi connectivity index (χ1v) is 7.40. The Hall–Kier alpha value is -2.20. The predicted octanol–water partition coefficient (Wildman–Crippen LogP) is 3.39. The first-order valence-electron chi connectivity index (χ1n) is 7.02. The summed E-state index contributed by atoms with van der Waals surface area (Å²) in [6, 6.07) is 10.7. The molecule has 0 aromatic heterocycles. The molecule has 114 valence electrons. The van der Waals surface area contributed by atoms with Gasteiger partial charge in [0.05, 0.1) is 23.4 Å². The summed E-state index contributed by atoms with van der Waals surface area (Å²) in [4.78, 5) is 14.0. The summed E-state index contributed by atoms with van der Waals surface area (Å²) in [7, 11) is 1.40. The topological polar surface area (TPSA) is 49.8 Å². The summed E-state index contributed by atoms with van der Waals surface area (Å²) in [6.07, 6.45) is 0.748. The Labute approximate surface area is 133 Å². The van der Waals surface area contributed by atoms with E-state index in [2.05, 4.69) is 4.90 Å². The lowest BCUT2D eigenvalue weighted by Crippen LogP contribution is -2.31. The first kappa shape index (κ1) is 14.7. The van der Waals surface area contributed by atoms with Crippen molar-refractivity contribution in [3.05, 3.63) is 58.1 Å². The molecule has 2 aromatic carbocycles. The van der Waals surface area contributed by atoms with Crippen molar-refractivity contribution in [2.45, 2.75) is 13.0 Å². The van der Waals surface area contributed by atoms with Gasteiger partial charge in [0, 0.05) is 19.2 Å². The summed E-state index contributed by atoms with van der Waals surface area (Å²) >= 11 is 6.22. The lowest BCUT2D eigenvalue weighted by atomic mass is 9.94. The Morgan fingerprint density at radius 1 is 1.32 bits per heavy atom. The Bertz CT molecular complexity index is 730. The first-order chi connectivity index (χ1) is 10.6. The molecule has 22 heavy (non-hydrogen) atoms. The van der Waals surface area contributed by atoms with Crippen LogP contribution in [0.25, 0.3) is 0 Å². The highest BCUT2D eigenvalue weighted by Crippen LogP contribution is 2.33. The number of carbonyl (C=O) groups excluding carboxylic acids is 1. The molecule has 0 atom stereocenters. The minimum Gasteiger partial charge on any atom is -0.508 e. The highest BCUT2D eigenvalue weighted by Gasteiger charge is 2.23. The fourth-order valence-electron chi connectivity index (χ4n) is 2.87. The molecule has 0 amide bonds. The highest BCUT2D eigenvalue weighted by molar-refractivity contribution is 6.33. The number of aromatic hydroxyl groups is 1. The van der Waals surface area contributed by atoms with Gasteiger partial charge in [0.1, 0.15) is 5.75 Å². The summed E-state index contributed by atoms with van der Waals surface area (Å²) in [5.41, 5.74) is 3.66. The van der Waals surface area contributed by atoms with E-state index >= 15 is 0 Å². The van der Waals surface area contributed by atoms with E-state index in [9.17, 15) is 9.90 Å². The van der Waals surface area contributed by atoms with E-state index in [0.717, 1.165) is 29.8 Å². The Balaban J connectivity index is 1.93. The fourth-order valence-corrected chi connectivity index (χ4v) is 3.16. The van der Waals surface area contributed by atoms with Gasteiger partial charge in [-0.05, 0) is 35.7 Å². The molecule has 3 rings (SSSR count). The van der Waals surface area contributed by atoms with Gasteiger partial charge in [0.15, 0.2) is 0 Å². The zero-order valence-corrected chi connectivity index (χ0v) is 12.9. The number of carbonyl (C=O) groups is 1. The predicted molar refractivity (Wildman–Crippen MR) is 85.7 cm³/mol. The van der Waals surface area contributed by atoms with Crippen molar-refractivity contribution in [2.75, 3.05) is 18.6 Å². The summed E-state index contributed by atoms with van der Waals surface area (Å²) in [5, 5.41) is 9.98. The second-order valence-electron chi connectivity index (χ2n) is 5.24. The van der Waals surface area contributed by atoms with Crippen molar-refractivity contribution in [3.63, 3.8) is 0 Å². The molecule has 0 fully saturated rings. The fraction of sp³-hybridized carbons (Fsp3) is 0.235. The van der Waals surface area contributed by atoms with Gasteiger partial charge < -0.3 is 14.7 Å². The molecule has 1 N–H and O–H groups in total. The number of phenolic OH excluding ortho intramolecular Hbond substituents is 1. The molecule has 0 unspecified atom stereocenters. The van der Waals surface area contributed by atoms with Crippen LogP contribution in [0.1, 0.15) is 21.5 Å². The normalized spacial score (nSPS) is 13.6. The second kappa shape index (κ2) is 5.89. The SMILES string of the molecule is COC(=O)c1cccc2c1CCN(c1ccc(O)cc1Cl)C2. The largest absolute Gasteiger partial charge is 0.508 e. The summed E-state index contributed by atoms with van der Waals surface area (Å²) < 4.78 is 4.84. The van der Waals surface area contributed by atoms with Crippen molar-refractivity contribution in [1.29, 1.82) is 0 Å². The minimum absolute atomic E-state index is 0.152. The Morgan fingerprint density at radius 3 is 2.86 bits per heavy atom. The van der Waals surface area contributed by atoms with Gasteiger partial charge in [-0.1, -0.05) is 23.7 Å². The molecule has 1 aliphatic rings. The quantitative estimate of drug-likeness (QED) is 0.863. The van der Waals surface area contributed by atoms with Crippen LogP contribution in [0.2, 0.25) is 5.02 Å². The number of nitrogens with zero attached hydrogens (tertiary/aromatic N) is 1. The molecule has 0 saturated carbocycles. The number of hydrogen-bond donors (Lipinski definition) is 1. The number of ether oxygens (including phenoxy) is 1. The van der Waals surface area contributed by atoms with E-state index in [1.165, 1.54) is 13.2 Å². The molecular weight excluding hydrogens is 302 g/mol. The molecular formula is C17H16ClNO3. The van der Waals surface area contributed by atoms with E-state index in [1.807, 2.05) is 18.2 Å². The maximum absolute atomic E-state index is 11.8. The van der Waals surface area contributed by atoms with Gasteiger partial charge in [-0.2, -0.15) is 0 Å². The van der Waals surface area contributed by atoms with Crippen LogP contribution in [0.15, 0.2) is 36.4 Å². The number of anilines is 1. The molecule has 4 nitrogen and oxygen atoms in total. The van der Waals surface area contributed by atoms with Gasteiger partial charge >= 0.3 is 5.97 Å². The molecule has 0 saturated heterocycles. The number of rotatable bonds is 2. The van der Waals surface area contributed by atoms with Crippen molar-refractivity contribution in [2.24, 2.45) is 0 Å². The molecule has 0 bridgehead atoms. The van der Waals surface area contributed by atoms with Crippen molar-refractivity contribution in [1.82, 2.24) is 0 Å². The van der Waals surface area contributed by atoms with Gasteiger partial charge in [-0.15, -0.1) is 0 Å². The van der Waals surface area contributed by atoms with Crippen LogP contribution in [0.4, 0.5) is 5.69 Å². The van der Waals surface area contributed by atoms with E-state index in [1.54, 1.807) is 12.1 Å². The smallest absolute Gasteiger partial charge is 0.338 e. The second-order valence-corrected chi connectivity index (χ2v) is 5.65. The van der Waals surface area contributed by atoms with Crippen LogP contribution in [0.5, 0.6) is 5.75 Å². The minimum atomic E-state index is -0.298. The van der Waals surface area contributed by atoms with Crippen LogP contribution in [0.3, 0.4) is 0 Å². The molecule has 1 aliphatic heterocycles. The van der Waals surface area contributed by atoms with Gasteiger partial charge in [-0.3, -0.25) is 0 Å².